The van der Waals surface area contributed by atoms with Gasteiger partial charge in [0.2, 0.25) is 5.95 Å². The Kier molecular flexibility index (Phi) is 5.77. The molecule has 0 bridgehead atoms. The molecular weight excluding hydrogens is 689 g/mol. The first-order valence-electron chi connectivity index (χ1n) is 18.8. The summed E-state index contributed by atoms with van der Waals surface area (Å²) in [6, 6.07) is 57.4. The molecule has 7 heteroatoms. The van der Waals surface area contributed by atoms with Crippen LogP contribution in [0.15, 0.2) is 174 Å². The summed E-state index contributed by atoms with van der Waals surface area (Å²) in [6.45, 7) is 0. The molecule has 0 saturated heterocycles. The van der Waals surface area contributed by atoms with Gasteiger partial charge in [-0.1, -0.05) is 97.1 Å². The second kappa shape index (κ2) is 10.9. The summed E-state index contributed by atoms with van der Waals surface area (Å²) >= 11 is 0. The lowest BCUT2D eigenvalue weighted by atomic mass is 10.0. The van der Waals surface area contributed by atoms with Crippen molar-refractivity contribution in [2.75, 3.05) is 4.90 Å². The van der Waals surface area contributed by atoms with Gasteiger partial charge in [-0.2, -0.15) is 0 Å². The summed E-state index contributed by atoms with van der Waals surface area (Å²) in [7, 11) is 0. The summed E-state index contributed by atoms with van der Waals surface area (Å²) in [5.74, 6) is 1.48. The summed E-state index contributed by atoms with van der Waals surface area (Å²) < 4.78 is 11.3. The number of pyridine rings is 1. The lowest BCUT2D eigenvalue weighted by molar-refractivity contribution is 0.670. The Morgan fingerprint density at radius 2 is 1.11 bits per heavy atom. The molecule has 0 spiro atoms. The molecule has 260 valence electrons. The van der Waals surface area contributed by atoms with Crippen LogP contribution in [0.2, 0.25) is 0 Å². The van der Waals surface area contributed by atoms with Crippen LogP contribution in [-0.2, 0) is 0 Å². The van der Waals surface area contributed by atoms with Gasteiger partial charge in [0.25, 0.3) is 0 Å². The number of furan rings is 1. The number of para-hydroxylation sites is 6. The van der Waals surface area contributed by atoms with Crippen LogP contribution in [0.3, 0.4) is 0 Å². The molecule has 7 nitrogen and oxygen atoms in total. The highest BCUT2D eigenvalue weighted by atomic mass is 16.3. The first-order valence-corrected chi connectivity index (χ1v) is 18.8. The molecule has 5 aromatic heterocycles. The third-order valence-electron chi connectivity index (χ3n) is 11.5. The van der Waals surface area contributed by atoms with Crippen molar-refractivity contribution in [2.24, 2.45) is 0 Å². The monoisotopic (exact) mass is 716 g/mol. The van der Waals surface area contributed by atoms with E-state index in [2.05, 4.69) is 147 Å². The molecule has 0 fully saturated rings. The van der Waals surface area contributed by atoms with E-state index in [0.29, 0.717) is 5.95 Å². The van der Waals surface area contributed by atoms with Gasteiger partial charge in [-0.25, -0.2) is 15.0 Å². The van der Waals surface area contributed by atoms with Crippen molar-refractivity contribution in [1.82, 2.24) is 24.1 Å². The maximum Gasteiger partial charge on any atom is 0.235 e. The number of benzene rings is 7. The molecule has 6 heterocycles. The fourth-order valence-electron chi connectivity index (χ4n) is 9.26. The molecule has 7 aromatic carbocycles. The minimum atomic E-state index is 0.591. The lowest BCUT2D eigenvalue weighted by Gasteiger charge is -2.33. The SMILES string of the molecule is c1ccc(-n2c3cccc4c5cccc6c5n(c5cccc2c5c43)-c2ccccc2N6c2nc(-c3cccc4c3oc3ccccc34)c3ccccc3n2)nc1. The van der Waals surface area contributed by atoms with Crippen molar-refractivity contribution in [2.45, 2.75) is 0 Å². The predicted molar refractivity (Wildman–Crippen MR) is 227 cm³/mol. The van der Waals surface area contributed by atoms with E-state index in [1.54, 1.807) is 0 Å². The Morgan fingerprint density at radius 1 is 0.446 bits per heavy atom. The highest BCUT2D eigenvalue weighted by Gasteiger charge is 2.31. The Bertz CT molecular complexity index is 3610. The van der Waals surface area contributed by atoms with Crippen molar-refractivity contribution < 1.29 is 4.42 Å². The molecule has 1 aliphatic rings. The highest BCUT2D eigenvalue weighted by molar-refractivity contribution is 6.29. The molecule has 0 amide bonds. The van der Waals surface area contributed by atoms with Crippen molar-refractivity contribution in [3.05, 3.63) is 170 Å². The zero-order valence-electron chi connectivity index (χ0n) is 29.8. The molecule has 0 radical (unpaired) electrons. The third-order valence-corrected chi connectivity index (χ3v) is 11.5. The molecule has 13 rings (SSSR count). The topological polar surface area (TPSA) is 64.9 Å². The van der Waals surface area contributed by atoms with Gasteiger partial charge >= 0.3 is 0 Å². The highest BCUT2D eigenvalue weighted by Crippen LogP contribution is 2.50. The van der Waals surface area contributed by atoms with Gasteiger partial charge in [-0.15, -0.1) is 0 Å². The summed E-state index contributed by atoms with van der Waals surface area (Å²) in [5, 5.41) is 7.82. The van der Waals surface area contributed by atoms with Gasteiger partial charge in [0.15, 0.2) is 0 Å². The number of anilines is 3. The maximum atomic E-state index is 6.58. The molecule has 0 unspecified atom stereocenters. The van der Waals surface area contributed by atoms with E-state index in [1.807, 2.05) is 36.5 Å². The largest absolute Gasteiger partial charge is 0.455 e. The van der Waals surface area contributed by atoms with Crippen LogP contribution in [0, 0.1) is 0 Å². The molecule has 0 N–H and O–H groups in total. The average Bonchev–Trinajstić information content (AvgIpc) is 3.77. The summed E-state index contributed by atoms with van der Waals surface area (Å²) in [4.78, 5) is 17.9. The van der Waals surface area contributed by atoms with Crippen LogP contribution in [-0.4, -0.2) is 24.1 Å². The van der Waals surface area contributed by atoms with E-state index in [9.17, 15) is 0 Å². The predicted octanol–water partition coefficient (Wildman–Crippen LogP) is 12.6. The Balaban J connectivity index is 1.16. The second-order valence-electron chi connectivity index (χ2n) is 14.4. The zero-order valence-corrected chi connectivity index (χ0v) is 29.8. The number of fused-ring (bicyclic) bond motifs is 8. The Morgan fingerprint density at radius 3 is 2.00 bits per heavy atom. The van der Waals surface area contributed by atoms with Crippen LogP contribution >= 0.6 is 0 Å². The fourth-order valence-corrected chi connectivity index (χ4v) is 9.26. The standard InChI is InChI=1S/C49H28N6O/c1-3-19-35-33(14-1)46(34-18-9-17-32-29-13-2-6-26-42(29)56-48(32)34)52-49(51-35)55-37-21-5-4-20-36(37)54-40-24-12-23-39-45(40)44-30(31-16-11-25-41(55)47(31)54)15-10-22-38(44)53(39)43-27-7-8-28-50-43/h1-28H. The second-order valence-corrected chi connectivity index (χ2v) is 14.4. The summed E-state index contributed by atoms with van der Waals surface area (Å²) in [6.07, 6.45) is 1.86. The minimum absolute atomic E-state index is 0.591. The third kappa shape index (κ3) is 3.83. The van der Waals surface area contributed by atoms with E-state index < -0.39 is 0 Å². The number of nitrogens with zero attached hydrogens (tertiary/aromatic N) is 6. The van der Waals surface area contributed by atoms with Gasteiger partial charge in [-0.3, -0.25) is 9.47 Å². The van der Waals surface area contributed by atoms with Gasteiger partial charge < -0.3 is 8.98 Å². The van der Waals surface area contributed by atoms with Crippen molar-refractivity contribution in [3.63, 3.8) is 0 Å². The maximum absolute atomic E-state index is 6.58. The zero-order chi connectivity index (χ0) is 36.5. The van der Waals surface area contributed by atoms with Crippen molar-refractivity contribution in [3.8, 4) is 22.8 Å². The number of hydrogen-bond donors (Lipinski definition) is 0. The van der Waals surface area contributed by atoms with Crippen LogP contribution < -0.4 is 4.90 Å². The van der Waals surface area contributed by atoms with E-state index >= 15 is 0 Å². The first-order chi connectivity index (χ1) is 27.8. The molecule has 0 saturated carbocycles. The smallest absolute Gasteiger partial charge is 0.235 e. The fraction of sp³-hybridized carbons (Fsp3) is 0. The normalized spacial score (nSPS) is 12.6. The molecule has 0 atom stereocenters. The molecule has 12 aromatic rings. The molecular formula is C49H28N6O. The van der Waals surface area contributed by atoms with E-state index in [1.165, 1.54) is 16.2 Å². The van der Waals surface area contributed by atoms with Gasteiger partial charge in [0, 0.05) is 44.1 Å². The minimum Gasteiger partial charge on any atom is -0.455 e. The van der Waals surface area contributed by atoms with Gasteiger partial charge in [-0.05, 0) is 72.1 Å². The first kappa shape index (κ1) is 29.7. The van der Waals surface area contributed by atoms with Gasteiger partial charge in [0.05, 0.1) is 50.3 Å². The molecule has 1 aliphatic heterocycles. The Hall–Kier alpha value is -7.77. The average molecular weight is 717 g/mol. The van der Waals surface area contributed by atoms with E-state index in [-0.39, 0.29) is 0 Å². The molecule has 56 heavy (non-hydrogen) atoms. The molecule has 0 aliphatic carbocycles. The van der Waals surface area contributed by atoms with Crippen LogP contribution in [0.5, 0.6) is 0 Å². The van der Waals surface area contributed by atoms with Crippen LogP contribution in [0.1, 0.15) is 0 Å². The van der Waals surface area contributed by atoms with Crippen molar-refractivity contribution >= 4 is 93.8 Å². The lowest BCUT2D eigenvalue weighted by Crippen LogP contribution is -2.21. The van der Waals surface area contributed by atoms with Crippen molar-refractivity contribution in [1.29, 1.82) is 0 Å². The Labute approximate surface area is 318 Å². The van der Waals surface area contributed by atoms with Gasteiger partial charge in [0.1, 0.15) is 17.0 Å². The van der Waals surface area contributed by atoms with E-state index in [0.717, 1.165) is 94.4 Å². The van der Waals surface area contributed by atoms with Crippen LogP contribution in [0.25, 0.3) is 99.2 Å². The quantitative estimate of drug-likeness (QED) is 0.182. The summed E-state index contributed by atoms with van der Waals surface area (Å²) in [5.41, 5.74) is 11.8. The van der Waals surface area contributed by atoms with E-state index in [4.69, 9.17) is 19.4 Å². The number of hydrogen-bond acceptors (Lipinski definition) is 5. The number of rotatable bonds is 3. The van der Waals surface area contributed by atoms with Crippen LogP contribution in [0.4, 0.5) is 17.3 Å². The number of aromatic nitrogens is 5.